The van der Waals surface area contributed by atoms with Gasteiger partial charge in [0.2, 0.25) is 0 Å². The minimum absolute atomic E-state index is 0.642. The summed E-state index contributed by atoms with van der Waals surface area (Å²) in [6.45, 7) is 0. The number of hydrogen-bond acceptors (Lipinski definition) is 1. The van der Waals surface area contributed by atoms with Crippen LogP contribution in [-0.2, 0) is 0 Å². The molecule has 0 bridgehead atoms. The van der Waals surface area contributed by atoms with Crippen LogP contribution in [0.15, 0.2) is 20.8 Å². The molecule has 0 aromatic rings. The Morgan fingerprint density at radius 1 is 1.08 bits per heavy atom. The third-order valence-electron chi connectivity index (χ3n) is 1.83. The van der Waals surface area contributed by atoms with E-state index < -0.39 is 12.6 Å². The first-order chi connectivity index (χ1) is 5.83. The molecule has 0 aliphatic heterocycles. The molecule has 1 aliphatic rings. The maximum absolute atomic E-state index is 7.63. The molecule has 15 radical (unpaired) electrons. The van der Waals surface area contributed by atoms with Gasteiger partial charge in [0.15, 0.2) is 4.78 Å². The zero-order valence-corrected chi connectivity index (χ0v) is 12.4. The maximum atomic E-state index is 7.63. The molecule has 13 heavy (non-hydrogen) atoms. The van der Waals surface area contributed by atoms with Gasteiger partial charge in [-0.05, 0) is 10.4 Å². The zero-order valence-electron chi connectivity index (χ0n) is 6.52. The largest absolute Gasteiger partial charge is 0.296 e. The fraction of sp³-hybridized carbons (Fsp3) is 0.200. The maximum Gasteiger partial charge on any atom is 0.296 e. The highest BCUT2D eigenvalue weighted by Gasteiger charge is 2.47. The Bertz CT molecular complexity index is 323. The Morgan fingerprint density at radius 2 is 1.38 bits per heavy atom. The van der Waals surface area contributed by atoms with Gasteiger partial charge >= 0.3 is 0 Å². The highest BCUT2D eigenvalue weighted by molar-refractivity contribution is 7.48. The van der Waals surface area contributed by atoms with Gasteiger partial charge in [-0.2, -0.15) is 0 Å². The molecule has 0 aromatic heterocycles. The first-order valence-electron chi connectivity index (χ1n) is 3.21. The molecule has 1 aliphatic carbocycles. The van der Waals surface area contributed by atoms with Crippen LogP contribution in [0, 0.1) is 5.16 Å². The number of hydrogen-bond donors (Lipinski definition) is 2. The summed E-state index contributed by atoms with van der Waals surface area (Å²) >= 11 is 0. The topological polar surface area (TPSA) is 49.9 Å². The summed E-state index contributed by atoms with van der Waals surface area (Å²) in [4.78, 5) is 0. The third kappa shape index (κ3) is 1.52. The Labute approximate surface area is 95.3 Å². The Kier molecular flexibility index (Phi) is 3.28. The lowest BCUT2D eigenvalue weighted by Gasteiger charge is -2.17. The molecule has 3 N–H and O–H groups in total. The average molecular weight is 262 g/mol. The van der Waals surface area contributed by atoms with Crippen LogP contribution in [0.3, 0.4) is 0 Å². The van der Waals surface area contributed by atoms with Gasteiger partial charge in [0.1, 0.15) is 10.2 Å². The Hall–Kier alpha value is 0.624. The molecule has 1 rings (SSSR count). The summed E-state index contributed by atoms with van der Waals surface area (Å²) in [5.74, 6) is 0. The molecule has 8 heteroatoms. The van der Waals surface area contributed by atoms with Crippen molar-refractivity contribution >= 4 is 59.1 Å². The standard InChI is InChI=1S/C5H3N2PSi5/c6-8(7)5(13)3(11)1(9)2(10)4(5)12/h(H3,6,7)/q+1. The van der Waals surface area contributed by atoms with Gasteiger partial charge < -0.3 is 0 Å². The number of nitrogens with two attached hydrogens (primary N) is 1. The lowest BCUT2D eigenvalue weighted by Crippen LogP contribution is -2.31. The monoisotopic (exact) mass is 262 g/mol. The van der Waals surface area contributed by atoms with Crippen LogP contribution in [0.5, 0.6) is 0 Å². The third-order valence-corrected chi connectivity index (χ3v) is 8.15. The van der Waals surface area contributed by atoms with Gasteiger partial charge in [0.05, 0.1) is 41.0 Å². The fourth-order valence-corrected chi connectivity index (χ4v) is 4.62. The van der Waals surface area contributed by atoms with Crippen molar-refractivity contribution in [1.82, 2.24) is 0 Å². The van der Waals surface area contributed by atoms with Gasteiger partial charge in [-0.25, -0.2) is 0 Å². The summed E-state index contributed by atoms with van der Waals surface area (Å²) < 4.78 is -0.642. The van der Waals surface area contributed by atoms with Crippen molar-refractivity contribution in [2.24, 2.45) is 5.50 Å². The second kappa shape index (κ2) is 3.65. The molecular weight excluding hydrogens is 259 g/mol. The molecule has 0 saturated heterocycles. The van der Waals surface area contributed by atoms with E-state index in [1.54, 1.807) is 0 Å². The van der Waals surface area contributed by atoms with Crippen molar-refractivity contribution in [3.8, 4) is 0 Å². The molecule has 0 heterocycles. The normalized spacial score (nSPS) is 22.8. The van der Waals surface area contributed by atoms with Crippen molar-refractivity contribution in [1.29, 1.82) is 5.16 Å². The van der Waals surface area contributed by atoms with Gasteiger partial charge in [-0.15, -0.1) is 10.7 Å². The molecule has 1 atom stereocenters. The van der Waals surface area contributed by atoms with E-state index in [4.69, 9.17) is 10.7 Å². The van der Waals surface area contributed by atoms with Gasteiger partial charge in [-0.3, -0.25) is 0 Å². The first kappa shape index (κ1) is 11.7. The van der Waals surface area contributed by atoms with E-state index in [9.17, 15) is 0 Å². The lowest BCUT2D eigenvalue weighted by molar-refractivity contribution is 1.21. The van der Waals surface area contributed by atoms with E-state index in [0.29, 0.717) is 0 Å². The molecule has 1 unspecified atom stereocenters. The smallest absolute Gasteiger partial charge is 0.138 e. The molecule has 2 nitrogen and oxygen atoms in total. The Balaban J connectivity index is 3.39. The van der Waals surface area contributed by atoms with Crippen LogP contribution >= 0.6 is 7.86 Å². The van der Waals surface area contributed by atoms with Crippen LogP contribution in [-0.4, -0.2) is 56.0 Å². The zero-order chi connectivity index (χ0) is 10.4. The lowest BCUT2D eigenvalue weighted by atomic mass is 10.4. The van der Waals surface area contributed by atoms with E-state index in [0.717, 1.165) is 20.8 Å². The summed E-state index contributed by atoms with van der Waals surface area (Å²) in [6.07, 6.45) is 0. The molecular formula is C5H3N2PSi5+. The summed E-state index contributed by atoms with van der Waals surface area (Å²) in [6, 6.07) is 0. The summed E-state index contributed by atoms with van der Waals surface area (Å²) in [5, 5.41) is 11.0. The first-order valence-corrected chi connectivity index (χ1v) is 7.12. The van der Waals surface area contributed by atoms with E-state index >= 15 is 0 Å². The molecule has 0 saturated carbocycles. The van der Waals surface area contributed by atoms with Crippen molar-refractivity contribution < 1.29 is 0 Å². The molecule has 0 spiro atoms. The molecule has 0 fully saturated rings. The summed E-state index contributed by atoms with van der Waals surface area (Å²) in [5.41, 5.74) is 5.65. The van der Waals surface area contributed by atoms with E-state index in [1.807, 2.05) is 0 Å². The summed E-state index contributed by atoms with van der Waals surface area (Å²) in [7, 11) is 15.9. The van der Waals surface area contributed by atoms with Crippen LogP contribution in [0.1, 0.15) is 0 Å². The van der Waals surface area contributed by atoms with Crippen LogP contribution in [0.25, 0.3) is 0 Å². The predicted octanol–water partition coefficient (Wildman–Crippen LogP) is -0.920. The van der Waals surface area contributed by atoms with Crippen LogP contribution in [0.2, 0.25) is 0 Å². The molecule has 0 aromatic carbocycles. The average Bonchev–Trinajstić information content (AvgIpc) is 2.22. The molecule has 57 valence electrons. The van der Waals surface area contributed by atoms with Crippen molar-refractivity contribution in [3.05, 3.63) is 20.8 Å². The SMILES string of the molecule is N=[P+](N)C1([Si])C([Si])=C([Si])C([Si])=C1[Si]. The van der Waals surface area contributed by atoms with Crippen molar-refractivity contribution in [3.63, 3.8) is 0 Å². The Morgan fingerprint density at radius 3 is 1.54 bits per heavy atom. The predicted molar refractivity (Wildman–Crippen MR) is 59.4 cm³/mol. The molecule has 0 amide bonds. The quantitative estimate of drug-likeness (QED) is 0.466. The van der Waals surface area contributed by atoms with Gasteiger partial charge in [0, 0.05) is 0 Å². The van der Waals surface area contributed by atoms with Crippen molar-refractivity contribution in [2.45, 2.75) is 4.78 Å². The van der Waals surface area contributed by atoms with E-state index in [1.165, 1.54) is 0 Å². The van der Waals surface area contributed by atoms with Crippen LogP contribution in [0.4, 0.5) is 0 Å². The second-order valence-corrected chi connectivity index (χ2v) is 7.16. The number of allylic oxidation sites excluding steroid dienone is 4. The minimum atomic E-state index is -1.43. The second-order valence-electron chi connectivity index (χ2n) is 2.58. The van der Waals surface area contributed by atoms with Gasteiger partial charge in [0.25, 0.3) is 7.86 Å². The number of rotatable bonds is 1. The number of nitrogens with one attached hydrogen (secondary N) is 1. The fourth-order valence-electron chi connectivity index (χ4n) is 0.978. The minimum Gasteiger partial charge on any atom is -0.138 e. The van der Waals surface area contributed by atoms with E-state index in [-0.39, 0.29) is 0 Å². The van der Waals surface area contributed by atoms with Crippen LogP contribution < -0.4 is 5.50 Å². The highest BCUT2D eigenvalue weighted by atomic mass is 31.1. The van der Waals surface area contributed by atoms with E-state index in [2.05, 4.69) is 51.2 Å². The highest BCUT2D eigenvalue weighted by Crippen LogP contribution is 2.47. The van der Waals surface area contributed by atoms with Crippen molar-refractivity contribution in [2.75, 3.05) is 0 Å². The van der Waals surface area contributed by atoms with Gasteiger partial charge in [-0.1, -0.05) is 10.4 Å².